The molecule has 1 amide bonds. The van der Waals surface area contributed by atoms with Crippen molar-refractivity contribution in [2.24, 2.45) is 5.73 Å². The number of benzene rings is 1. The third-order valence-electron chi connectivity index (χ3n) is 3.13. The molecule has 116 valence electrons. The molecule has 1 aliphatic rings. The number of ether oxygens (including phenoxy) is 1. The van der Waals surface area contributed by atoms with Gasteiger partial charge in [0.15, 0.2) is 6.10 Å². The van der Waals surface area contributed by atoms with Gasteiger partial charge in [-0.15, -0.1) is 0 Å². The fourth-order valence-corrected chi connectivity index (χ4v) is 3.04. The monoisotopic (exact) mass is 320 g/mol. The molecule has 2 rings (SSSR count). The van der Waals surface area contributed by atoms with Crippen LogP contribution in [0.25, 0.3) is 0 Å². The minimum Gasteiger partial charge on any atom is -0.367 e. The summed E-state index contributed by atoms with van der Waals surface area (Å²) in [5, 5.41) is 0. The lowest BCUT2D eigenvalue weighted by molar-refractivity contribution is -0.130. The van der Waals surface area contributed by atoms with E-state index in [1.54, 1.807) is 0 Å². The maximum atomic E-state index is 12.7. The lowest BCUT2D eigenvalue weighted by Gasteiger charge is -2.34. The van der Waals surface area contributed by atoms with Crippen LogP contribution in [0.3, 0.4) is 0 Å². The molecule has 21 heavy (non-hydrogen) atoms. The van der Waals surface area contributed by atoms with E-state index in [0.29, 0.717) is 0 Å². The van der Waals surface area contributed by atoms with Crippen molar-refractivity contribution in [2.45, 2.75) is 16.8 Å². The highest BCUT2D eigenvalue weighted by Crippen LogP contribution is 2.30. The molecule has 0 aromatic heterocycles. The highest BCUT2D eigenvalue weighted by atomic mass is 32.2. The molecule has 1 aliphatic heterocycles. The van der Waals surface area contributed by atoms with E-state index in [2.05, 4.69) is 0 Å². The van der Waals surface area contributed by atoms with Crippen LogP contribution < -0.4 is 10.6 Å². The first-order chi connectivity index (χ1) is 9.84. The molecular weight excluding hydrogens is 306 g/mol. The van der Waals surface area contributed by atoms with Crippen LogP contribution in [0.5, 0.6) is 0 Å². The molecule has 9 heteroatoms. The first-order valence-corrected chi connectivity index (χ1v) is 7.65. The van der Waals surface area contributed by atoms with Gasteiger partial charge in [-0.3, -0.25) is 4.79 Å². The Kier molecular flexibility index (Phi) is 4.43. The molecule has 1 heterocycles. The fourth-order valence-electron chi connectivity index (χ4n) is 2.10. The second kappa shape index (κ2) is 5.94. The zero-order valence-electron chi connectivity index (χ0n) is 10.9. The SMILES string of the molecule is NC(=O)C1CN(c2ccccc2S(=O)(=O)C(F)F)CCO1. The number of alkyl halides is 2. The van der Waals surface area contributed by atoms with Crippen molar-refractivity contribution in [3.8, 4) is 0 Å². The van der Waals surface area contributed by atoms with Crippen molar-refractivity contribution >= 4 is 21.4 Å². The predicted octanol–water partition coefficient (Wildman–Crippen LogP) is 0.373. The van der Waals surface area contributed by atoms with Gasteiger partial charge in [0, 0.05) is 6.54 Å². The second-order valence-electron chi connectivity index (χ2n) is 4.48. The average Bonchev–Trinajstić information content (AvgIpc) is 2.47. The molecule has 2 N–H and O–H groups in total. The number of halogens is 2. The van der Waals surface area contributed by atoms with Gasteiger partial charge in [-0.25, -0.2) is 8.42 Å². The molecule has 1 saturated heterocycles. The lowest BCUT2D eigenvalue weighted by Crippen LogP contribution is -2.48. The number of anilines is 1. The van der Waals surface area contributed by atoms with E-state index in [1.165, 1.54) is 23.1 Å². The third kappa shape index (κ3) is 3.13. The van der Waals surface area contributed by atoms with Gasteiger partial charge in [-0.2, -0.15) is 8.78 Å². The number of amides is 1. The number of hydrogen-bond donors (Lipinski definition) is 1. The average molecular weight is 320 g/mol. The van der Waals surface area contributed by atoms with E-state index in [0.717, 1.165) is 6.07 Å². The number of primary amides is 1. The number of sulfone groups is 1. The van der Waals surface area contributed by atoms with Gasteiger partial charge in [0.05, 0.1) is 23.7 Å². The summed E-state index contributed by atoms with van der Waals surface area (Å²) in [5.41, 5.74) is 5.27. The number of rotatable bonds is 4. The zero-order valence-corrected chi connectivity index (χ0v) is 11.7. The summed E-state index contributed by atoms with van der Waals surface area (Å²) in [6.45, 7) is 0.446. The summed E-state index contributed by atoms with van der Waals surface area (Å²) in [5.74, 6) is -4.19. The van der Waals surface area contributed by atoms with Crippen LogP contribution in [0.15, 0.2) is 29.2 Å². The number of morpholine rings is 1. The molecule has 1 atom stereocenters. The molecule has 1 unspecified atom stereocenters. The van der Waals surface area contributed by atoms with Gasteiger partial charge < -0.3 is 15.4 Å². The molecule has 0 radical (unpaired) electrons. The van der Waals surface area contributed by atoms with Crippen molar-refractivity contribution in [3.63, 3.8) is 0 Å². The first-order valence-electron chi connectivity index (χ1n) is 6.11. The van der Waals surface area contributed by atoms with Crippen LogP contribution in [0.2, 0.25) is 0 Å². The Labute approximate surface area is 120 Å². The lowest BCUT2D eigenvalue weighted by atomic mass is 10.2. The number of carbonyl (C=O) groups is 1. The van der Waals surface area contributed by atoms with Crippen LogP contribution in [-0.4, -0.2) is 45.9 Å². The maximum absolute atomic E-state index is 12.7. The van der Waals surface area contributed by atoms with Crippen molar-refractivity contribution in [1.29, 1.82) is 0 Å². The summed E-state index contributed by atoms with van der Waals surface area (Å²) in [4.78, 5) is 12.2. The summed E-state index contributed by atoms with van der Waals surface area (Å²) in [6.07, 6.45) is -0.902. The molecule has 0 aliphatic carbocycles. The van der Waals surface area contributed by atoms with Crippen LogP contribution in [0, 0.1) is 0 Å². The Morgan fingerprint density at radius 3 is 2.67 bits per heavy atom. The van der Waals surface area contributed by atoms with E-state index in [1.807, 2.05) is 0 Å². The van der Waals surface area contributed by atoms with E-state index < -0.39 is 32.5 Å². The Morgan fingerprint density at radius 2 is 2.05 bits per heavy atom. The molecule has 0 spiro atoms. The molecule has 0 bridgehead atoms. The second-order valence-corrected chi connectivity index (χ2v) is 6.37. The highest BCUT2D eigenvalue weighted by molar-refractivity contribution is 7.91. The van der Waals surface area contributed by atoms with Crippen molar-refractivity contribution < 1.29 is 26.7 Å². The molecular formula is C12H14F2N2O4S. The minimum absolute atomic E-state index is 0.0190. The van der Waals surface area contributed by atoms with Crippen LogP contribution in [-0.2, 0) is 19.4 Å². The van der Waals surface area contributed by atoms with Crippen LogP contribution in [0.1, 0.15) is 0 Å². The number of hydrogen-bond acceptors (Lipinski definition) is 5. The molecule has 6 nitrogen and oxygen atoms in total. The molecule has 1 aromatic carbocycles. The highest BCUT2D eigenvalue weighted by Gasteiger charge is 2.33. The minimum atomic E-state index is -4.73. The Balaban J connectivity index is 2.39. The quantitative estimate of drug-likeness (QED) is 0.866. The number of nitrogens with two attached hydrogens (primary N) is 1. The van der Waals surface area contributed by atoms with Gasteiger partial charge in [-0.1, -0.05) is 12.1 Å². The number of nitrogens with zero attached hydrogens (tertiary/aromatic N) is 1. The van der Waals surface area contributed by atoms with Gasteiger partial charge in [-0.05, 0) is 12.1 Å². The van der Waals surface area contributed by atoms with E-state index in [-0.39, 0.29) is 25.4 Å². The molecule has 1 aromatic rings. The topological polar surface area (TPSA) is 89.7 Å². The Bertz CT molecular complexity index is 636. The van der Waals surface area contributed by atoms with Crippen molar-refractivity contribution in [2.75, 3.05) is 24.6 Å². The largest absolute Gasteiger partial charge is 0.367 e. The number of carbonyl (C=O) groups excluding carboxylic acids is 1. The third-order valence-corrected chi connectivity index (χ3v) is 4.56. The van der Waals surface area contributed by atoms with E-state index in [9.17, 15) is 22.0 Å². The standard InChI is InChI=1S/C12H14F2N2O4S/c13-12(14)21(18,19)10-4-2-1-3-8(10)16-5-6-20-9(7-16)11(15)17/h1-4,9,12H,5-7H2,(H2,15,17). The van der Waals surface area contributed by atoms with Crippen molar-refractivity contribution in [1.82, 2.24) is 0 Å². The van der Waals surface area contributed by atoms with Gasteiger partial charge in [0.1, 0.15) is 0 Å². The summed E-state index contributed by atoms with van der Waals surface area (Å²) in [6, 6.07) is 5.43. The maximum Gasteiger partial charge on any atom is 0.341 e. The summed E-state index contributed by atoms with van der Waals surface area (Å²) in [7, 11) is -4.73. The Hall–Kier alpha value is -1.74. The van der Waals surface area contributed by atoms with E-state index >= 15 is 0 Å². The van der Waals surface area contributed by atoms with Crippen molar-refractivity contribution in [3.05, 3.63) is 24.3 Å². The molecule has 0 saturated carbocycles. The smallest absolute Gasteiger partial charge is 0.341 e. The molecule has 1 fully saturated rings. The normalized spacial score (nSPS) is 19.8. The van der Waals surface area contributed by atoms with Gasteiger partial charge in [0.25, 0.3) is 0 Å². The van der Waals surface area contributed by atoms with Crippen LogP contribution >= 0.6 is 0 Å². The Morgan fingerprint density at radius 1 is 1.38 bits per heavy atom. The summed E-state index contributed by atoms with van der Waals surface area (Å²) >= 11 is 0. The van der Waals surface area contributed by atoms with Gasteiger partial charge in [0.2, 0.25) is 15.7 Å². The number of para-hydroxylation sites is 1. The fraction of sp³-hybridized carbons (Fsp3) is 0.417. The predicted molar refractivity (Wildman–Crippen MR) is 70.8 cm³/mol. The van der Waals surface area contributed by atoms with Gasteiger partial charge >= 0.3 is 5.76 Å². The first kappa shape index (κ1) is 15.6. The zero-order chi connectivity index (χ0) is 15.6. The van der Waals surface area contributed by atoms with E-state index in [4.69, 9.17) is 10.5 Å². The summed E-state index contributed by atoms with van der Waals surface area (Å²) < 4.78 is 54.1. The van der Waals surface area contributed by atoms with Crippen LogP contribution in [0.4, 0.5) is 14.5 Å².